The molecule has 0 radical (unpaired) electrons. The Morgan fingerprint density at radius 1 is 1.08 bits per heavy atom. The number of hydrogen-bond donors (Lipinski definition) is 1. The molecule has 2 heterocycles. The highest BCUT2D eigenvalue weighted by Crippen LogP contribution is 2.22. The fraction of sp³-hybridized carbons (Fsp3) is 0.421. The second-order valence-electron chi connectivity index (χ2n) is 7.30. The largest absolute Gasteiger partial charge is 0.478 e. The van der Waals surface area contributed by atoms with Gasteiger partial charge in [0.1, 0.15) is 11.4 Å². The maximum atomic E-state index is 12.1. The van der Waals surface area contributed by atoms with Gasteiger partial charge < -0.3 is 19.6 Å². The van der Waals surface area contributed by atoms with E-state index in [1.807, 2.05) is 32.9 Å². The third kappa shape index (κ3) is 3.87. The molecule has 7 nitrogen and oxygen atoms in total. The van der Waals surface area contributed by atoms with Crippen LogP contribution in [0.3, 0.4) is 0 Å². The molecule has 1 fully saturated rings. The van der Waals surface area contributed by atoms with Gasteiger partial charge in [0.15, 0.2) is 0 Å². The van der Waals surface area contributed by atoms with E-state index in [0.29, 0.717) is 37.1 Å². The van der Waals surface area contributed by atoms with E-state index in [0.717, 1.165) is 5.82 Å². The molecule has 1 amide bonds. The number of hydrogen-bond acceptors (Lipinski definition) is 5. The Morgan fingerprint density at radius 3 is 2.38 bits per heavy atom. The van der Waals surface area contributed by atoms with Gasteiger partial charge in [0, 0.05) is 31.6 Å². The van der Waals surface area contributed by atoms with E-state index in [2.05, 4.69) is 9.88 Å². The number of carbonyl (C=O) groups is 2. The number of carboxylic acid groups (broad SMARTS) is 1. The highest BCUT2D eigenvalue weighted by atomic mass is 16.6. The summed E-state index contributed by atoms with van der Waals surface area (Å²) >= 11 is 0. The van der Waals surface area contributed by atoms with Crippen LogP contribution in [0.4, 0.5) is 10.6 Å². The zero-order chi connectivity index (χ0) is 18.9. The SMILES string of the molecule is CC(C)(C)OC(=O)N1CCN(c2ccc3c(C(=O)O)cccc3n2)CC1. The molecule has 3 rings (SSSR count). The van der Waals surface area contributed by atoms with Crippen LogP contribution in [-0.4, -0.2) is 58.8 Å². The molecule has 0 bridgehead atoms. The topological polar surface area (TPSA) is 83.0 Å². The number of anilines is 1. The van der Waals surface area contributed by atoms with Crippen molar-refractivity contribution in [2.24, 2.45) is 0 Å². The normalized spacial score (nSPS) is 15.2. The van der Waals surface area contributed by atoms with E-state index < -0.39 is 11.6 Å². The van der Waals surface area contributed by atoms with Crippen molar-refractivity contribution in [3.05, 3.63) is 35.9 Å². The molecule has 1 aromatic carbocycles. The minimum absolute atomic E-state index is 0.247. The number of amides is 1. The third-order valence-corrected chi connectivity index (χ3v) is 4.20. The van der Waals surface area contributed by atoms with Gasteiger partial charge in [-0.1, -0.05) is 6.07 Å². The number of fused-ring (bicyclic) bond motifs is 1. The molecular formula is C19H23N3O4. The molecule has 0 aliphatic carbocycles. The Balaban J connectivity index is 1.72. The number of piperazine rings is 1. The number of ether oxygens (including phenoxy) is 1. The Kier molecular flexibility index (Phi) is 4.71. The van der Waals surface area contributed by atoms with Crippen LogP contribution in [0.15, 0.2) is 30.3 Å². The quantitative estimate of drug-likeness (QED) is 0.890. The number of nitrogens with zero attached hydrogens (tertiary/aromatic N) is 3. The summed E-state index contributed by atoms with van der Waals surface area (Å²) in [5, 5.41) is 9.90. The van der Waals surface area contributed by atoms with Crippen LogP contribution in [0.2, 0.25) is 0 Å². The van der Waals surface area contributed by atoms with Crippen molar-refractivity contribution in [2.75, 3.05) is 31.1 Å². The van der Waals surface area contributed by atoms with Crippen molar-refractivity contribution in [3.8, 4) is 0 Å². The molecule has 7 heteroatoms. The first-order valence-electron chi connectivity index (χ1n) is 8.60. The van der Waals surface area contributed by atoms with Crippen LogP contribution in [0.1, 0.15) is 31.1 Å². The van der Waals surface area contributed by atoms with Crippen LogP contribution in [-0.2, 0) is 4.74 Å². The Labute approximate surface area is 152 Å². The molecule has 1 aromatic heterocycles. The van der Waals surface area contributed by atoms with E-state index in [-0.39, 0.29) is 11.7 Å². The van der Waals surface area contributed by atoms with Gasteiger partial charge in [-0.25, -0.2) is 14.6 Å². The van der Waals surface area contributed by atoms with Crippen molar-refractivity contribution in [3.63, 3.8) is 0 Å². The number of pyridine rings is 1. The van der Waals surface area contributed by atoms with Crippen LogP contribution in [0.25, 0.3) is 10.9 Å². The van der Waals surface area contributed by atoms with Crippen molar-refractivity contribution in [1.29, 1.82) is 0 Å². The molecule has 0 atom stereocenters. The molecule has 2 aromatic rings. The van der Waals surface area contributed by atoms with Crippen LogP contribution in [0.5, 0.6) is 0 Å². The summed E-state index contributed by atoms with van der Waals surface area (Å²) in [6.07, 6.45) is -0.297. The average Bonchev–Trinajstić information content (AvgIpc) is 2.59. The maximum absolute atomic E-state index is 12.1. The molecule has 0 saturated carbocycles. The van der Waals surface area contributed by atoms with Crippen LogP contribution < -0.4 is 4.90 Å². The summed E-state index contributed by atoms with van der Waals surface area (Å²) in [6, 6.07) is 8.70. The van der Waals surface area contributed by atoms with Crippen molar-refractivity contribution in [1.82, 2.24) is 9.88 Å². The van der Waals surface area contributed by atoms with Gasteiger partial charge in [-0.15, -0.1) is 0 Å². The minimum atomic E-state index is -0.962. The second kappa shape index (κ2) is 6.82. The monoisotopic (exact) mass is 357 g/mol. The molecule has 0 spiro atoms. The molecule has 0 unspecified atom stereocenters. The highest BCUT2D eigenvalue weighted by molar-refractivity contribution is 6.02. The molecule has 26 heavy (non-hydrogen) atoms. The van der Waals surface area contributed by atoms with E-state index in [1.165, 1.54) is 0 Å². The van der Waals surface area contributed by atoms with Gasteiger partial charge in [0.2, 0.25) is 0 Å². The van der Waals surface area contributed by atoms with Crippen molar-refractivity contribution >= 4 is 28.8 Å². The van der Waals surface area contributed by atoms with E-state index in [1.54, 1.807) is 23.1 Å². The summed E-state index contributed by atoms with van der Waals surface area (Å²) in [5.74, 6) is -0.181. The zero-order valence-corrected chi connectivity index (χ0v) is 15.2. The number of aromatic carboxylic acids is 1. The lowest BCUT2D eigenvalue weighted by molar-refractivity contribution is 0.0240. The maximum Gasteiger partial charge on any atom is 0.410 e. The van der Waals surface area contributed by atoms with Crippen molar-refractivity contribution in [2.45, 2.75) is 26.4 Å². The van der Waals surface area contributed by atoms with Crippen LogP contribution >= 0.6 is 0 Å². The molecule has 1 aliphatic heterocycles. The van der Waals surface area contributed by atoms with Gasteiger partial charge in [0.05, 0.1) is 11.1 Å². The predicted molar refractivity (Wildman–Crippen MR) is 98.7 cm³/mol. The molecule has 1 saturated heterocycles. The second-order valence-corrected chi connectivity index (χ2v) is 7.30. The first-order chi connectivity index (χ1) is 12.2. The third-order valence-electron chi connectivity index (χ3n) is 4.20. The van der Waals surface area contributed by atoms with Gasteiger partial charge in [-0.05, 0) is 45.0 Å². The average molecular weight is 357 g/mol. The Bertz CT molecular complexity index is 836. The first-order valence-corrected chi connectivity index (χ1v) is 8.60. The smallest absolute Gasteiger partial charge is 0.410 e. The van der Waals surface area contributed by atoms with Gasteiger partial charge in [0.25, 0.3) is 0 Å². The first kappa shape index (κ1) is 18.0. The minimum Gasteiger partial charge on any atom is -0.478 e. The number of carbonyl (C=O) groups excluding carboxylic acids is 1. The fourth-order valence-corrected chi connectivity index (χ4v) is 2.95. The standard InChI is InChI=1S/C19H23N3O4/c1-19(2,3)26-18(25)22-11-9-21(10-12-22)16-8-7-13-14(17(23)24)5-4-6-15(13)20-16/h4-8H,9-12H2,1-3H3,(H,23,24). The summed E-state index contributed by atoms with van der Waals surface area (Å²) < 4.78 is 5.41. The van der Waals surface area contributed by atoms with Gasteiger partial charge in [-0.3, -0.25) is 0 Å². The van der Waals surface area contributed by atoms with Gasteiger partial charge >= 0.3 is 12.1 Å². The lowest BCUT2D eigenvalue weighted by atomic mass is 10.1. The number of rotatable bonds is 2. The van der Waals surface area contributed by atoms with E-state index >= 15 is 0 Å². The number of aromatic nitrogens is 1. The van der Waals surface area contributed by atoms with Gasteiger partial charge in [-0.2, -0.15) is 0 Å². The lowest BCUT2D eigenvalue weighted by Gasteiger charge is -2.36. The van der Waals surface area contributed by atoms with Crippen LogP contribution in [0, 0.1) is 0 Å². The summed E-state index contributed by atoms with van der Waals surface area (Å²) in [7, 11) is 0. The van der Waals surface area contributed by atoms with E-state index in [9.17, 15) is 14.7 Å². The molecule has 138 valence electrons. The van der Waals surface area contributed by atoms with E-state index in [4.69, 9.17) is 4.74 Å². The number of benzene rings is 1. The summed E-state index contributed by atoms with van der Waals surface area (Å²) in [5.41, 5.74) is 0.393. The molecule has 1 N–H and O–H groups in total. The zero-order valence-electron chi connectivity index (χ0n) is 15.2. The Hall–Kier alpha value is -2.83. The predicted octanol–water partition coefficient (Wildman–Crippen LogP) is 2.99. The summed E-state index contributed by atoms with van der Waals surface area (Å²) in [4.78, 5) is 31.8. The molecular weight excluding hydrogens is 334 g/mol. The van der Waals surface area contributed by atoms with Crippen molar-refractivity contribution < 1.29 is 19.4 Å². The lowest BCUT2D eigenvalue weighted by Crippen LogP contribution is -2.50. The fourth-order valence-electron chi connectivity index (χ4n) is 2.95. The summed E-state index contributed by atoms with van der Waals surface area (Å²) in [6.45, 7) is 7.98. The number of carboxylic acids is 1. The molecule has 1 aliphatic rings. The Morgan fingerprint density at radius 2 is 1.77 bits per heavy atom. The highest BCUT2D eigenvalue weighted by Gasteiger charge is 2.26.